The van der Waals surface area contributed by atoms with Crippen molar-refractivity contribution in [2.24, 2.45) is 5.92 Å². The van der Waals surface area contributed by atoms with Crippen molar-refractivity contribution in [1.82, 2.24) is 4.31 Å². The molecule has 0 unspecified atom stereocenters. The van der Waals surface area contributed by atoms with Crippen LogP contribution < -0.4 is 5.32 Å². The van der Waals surface area contributed by atoms with Crippen LogP contribution in [0.4, 0.5) is 18.9 Å². The Morgan fingerprint density at radius 3 is 2.56 bits per heavy atom. The number of nitrogens with one attached hydrogen (secondary N) is 1. The van der Waals surface area contributed by atoms with Crippen molar-refractivity contribution in [1.29, 1.82) is 0 Å². The van der Waals surface area contributed by atoms with Crippen molar-refractivity contribution in [3.8, 4) is 0 Å². The number of hydrogen-bond donors (Lipinski definition) is 1. The second-order valence-electron chi connectivity index (χ2n) is 7.78. The molecule has 2 aromatic rings. The van der Waals surface area contributed by atoms with Gasteiger partial charge in [-0.05, 0) is 49.4 Å². The molecule has 1 saturated heterocycles. The van der Waals surface area contributed by atoms with Gasteiger partial charge in [-0.2, -0.15) is 13.2 Å². The van der Waals surface area contributed by atoms with Crippen molar-refractivity contribution < 1.29 is 26.4 Å². The van der Waals surface area contributed by atoms with Crippen LogP contribution in [0.15, 0.2) is 48.5 Å². The number of hydrogen-bond acceptors (Lipinski definition) is 3. The molecule has 1 fully saturated rings. The maximum absolute atomic E-state index is 13.0. The van der Waals surface area contributed by atoms with Crippen LogP contribution in [0.5, 0.6) is 0 Å². The molecule has 0 bridgehead atoms. The normalized spacial score (nSPS) is 17.8. The molecule has 3 rings (SSSR count). The van der Waals surface area contributed by atoms with E-state index in [-0.39, 0.29) is 23.0 Å². The molecule has 0 aliphatic carbocycles. The predicted molar refractivity (Wildman–Crippen MR) is 118 cm³/mol. The Balaban J connectivity index is 1.61. The van der Waals surface area contributed by atoms with E-state index in [4.69, 9.17) is 11.6 Å². The number of rotatable bonds is 7. The molecule has 174 valence electrons. The van der Waals surface area contributed by atoms with Crippen LogP contribution in [-0.2, 0) is 27.4 Å². The molecule has 1 N–H and O–H groups in total. The van der Waals surface area contributed by atoms with Crippen molar-refractivity contribution in [3.05, 3.63) is 64.7 Å². The molecule has 0 saturated carbocycles. The maximum atomic E-state index is 13.0. The van der Waals surface area contributed by atoms with Crippen molar-refractivity contribution in [3.63, 3.8) is 0 Å². The highest BCUT2D eigenvalue weighted by Crippen LogP contribution is 2.34. The third kappa shape index (κ3) is 6.46. The molecule has 0 radical (unpaired) electrons. The highest BCUT2D eigenvalue weighted by atomic mass is 35.5. The lowest BCUT2D eigenvalue weighted by atomic mass is 9.98. The first-order valence-electron chi connectivity index (χ1n) is 10.3. The summed E-state index contributed by atoms with van der Waals surface area (Å²) in [6.07, 6.45) is -2.55. The molecule has 1 heterocycles. The summed E-state index contributed by atoms with van der Waals surface area (Å²) in [4.78, 5) is 12.7. The SMILES string of the molecule is O=C(Nc1cc(C(F)(F)F)ccc1Cl)[C@@H]1CCCN(S(=O)(=O)CCCc2ccccc2)C1. The average molecular weight is 489 g/mol. The Kier molecular flexibility index (Phi) is 7.84. The highest BCUT2D eigenvalue weighted by Gasteiger charge is 2.34. The molecule has 1 aliphatic heterocycles. The minimum atomic E-state index is -4.57. The van der Waals surface area contributed by atoms with E-state index >= 15 is 0 Å². The Bertz CT molecular complexity index is 1050. The van der Waals surface area contributed by atoms with E-state index < -0.39 is 33.6 Å². The van der Waals surface area contributed by atoms with Gasteiger partial charge in [0.1, 0.15) is 0 Å². The van der Waals surface area contributed by atoms with Gasteiger partial charge in [0.05, 0.1) is 27.9 Å². The number of carbonyl (C=O) groups is 1. The predicted octanol–water partition coefficient (Wildman–Crippen LogP) is 4.97. The third-order valence-electron chi connectivity index (χ3n) is 5.41. The molecule has 2 aromatic carbocycles. The van der Waals surface area contributed by atoms with Gasteiger partial charge in [-0.3, -0.25) is 4.79 Å². The van der Waals surface area contributed by atoms with Crippen molar-refractivity contribution >= 4 is 33.2 Å². The van der Waals surface area contributed by atoms with E-state index in [0.717, 1.165) is 23.8 Å². The van der Waals surface area contributed by atoms with Gasteiger partial charge >= 0.3 is 6.18 Å². The van der Waals surface area contributed by atoms with E-state index in [9.17, 15) is 26.4 Å². The number of sulfonamides is 1. The number of benzene rings is 2. The fourth-order valence-corrected chi connectivity index (χ4v) is 5.42. The van der Waals surface area contributed by atoms with Gasteiger partial charge in [-0.15, -0.1) is 0 Å². The Labute approximate surface area is 190 Å². The van der Waals surface area contributed by atoms with Gasteiger partial charge in [-0.1, -0.05) is 41.9 Å². The molecule has 1 amide bonds. The zero-order chi connectivity index (χ0) is 23.4. The number of aryl methyl sites for hydroxylation is 1. The molecule has 0 spiro atoms. The second-order valence-corrected chi connectivity index (χ2v) is 10.3. The number of piperidine rings is 1. The van der Waals surface area contributed by atoms with E-state index in [1.807, 2.05) is 30.3 Å². The second kappa shape index (κ2) is 10.2. The first-order valence-corrected chi connectivity index (χ1v) is 12.2. The van der Waals surface area contributed by atoms with Crippen LogP contribution in [0.3, 0.4) is 0 Å². The van der Waals surface area contributed by atoms with Gasteiger partial charge < -0.3 is 5.32 Å². The molecule has 1 aliphatic rings. The summed E-state index contributed by atoms with van der Waals surface area (Å²) in [5, 5.41) is 2.42. The molecule has 10 heteroatoms. The Hall–Kier alpha value is -2.10. The fraction of sp³-hybridized carbons (Fsp3) is 0.409. The van der Waals surface area contributed by atoms with E-state index in [1.165, 1.54) is 4.31 Å². The summed E-state index contributed by atoms with van der Waals surface area (Å²) < 4.78 is 65.7. The smallest absolute Gasteiger partial charge is 0.324 e. The Morgan fingerprint density at radius 1 is 1.16 bits per heavy atom. The lowest BCUT2D eigenvalue weighted by Gasteiger charge is -2.31. The van der Waals surface area contributed by atoms with E-state index in [1.54, 1.807) is 0 Å². The standard InChI is InChI=1S/C22H24ClF3N2O3S/c23-19-11-10-18(22(24,25)26)14-20(19)27-21(29)17-9-4-12-28(15-17)32(30,31)13-5-8-16-6-2-1-3-7-16/h1-3,6-7,10-11,14,17H,4-5,8-9,12-13,15H2,(H,27,29)/t17-/m1/s1. The monoisotopic (exact) mass is 488 g/mol. The number of amides is 1. The van der Waals surface area contributed by atoms with Crippen LogP contribution in [-0.4, -0.2) is 37.5 Å². The quantitative estimate of drug-likeness (QED) is 0.598. The van der Waals surface area contributed by atoms with Gasteiger partial charge in [0.15, 0.2) is 0 Å². The number of halogens is 4. The third-order valence-corrected chi connectivity index (χ3v) is 7.66. The topological polar surface area (TPSA) is 66.5 Å². The summed E-state index contributed by atoms with van der Waals surface area (Å²) in [6.45, 7) is 0.317. The lowest BCUT2D eigenvalue weighted by Crippen LogP contribution is -2.44. The van der Waals surface area contributed by atoms with Gasteiger partial charge in [0.25, 0.3) is 0 Å². The van der Waals surface area contributed by atoms with Gasteiger partial charge in [0, 0.05) is 13.1 Å². The molecule has 32 heavy (non-hydrogen) atoms. The van der Waals surface area contributed by atoms with E-state index in [2.05, 4.69) is 5.32 Å². The lowest BCUT2D eigenvalue weighted by molar-refractivity contribution is -0.137. The summed E-state index contributed by atoms with van der Waals surface area (Å²) in [7, 11) is -3.55. The Morgan fingerprint density at radius 2 is 1.88 bits per heavy atom. The van der Waals surface area contributed by atoms with Crippen molar-refractivity contribution in [2.75, 3.05) is 24.2 Å². The minimum Gasteiger partial charge on any atom is -0.324 e. The average Bonchev–Trinajstić information content (AvgIpc) is 2.75. The van der Waals surface area contributed by atoms with Crippen LogP contribution >= 0.6 is 11.6 Å². The van der Waals surface area contributed by atoms with Crippen LogP contribution in [0.2, 0.25) is 5.02 Å². The molecule has 1 atom stereocenters. The summed E-state index contributed by atoms with van der Waals surface area (Å²) in [5.41, 5.74) is -0.0191. The number of nitrogens with zero attached hydrogens (tertiary/aromatic N) is 1. The first-order chi connectivity index (χ1) is 15.1. The fourth-order valence-electron chi connectivity index (χ4n) is 3.67. The molecular formula is C22H24ClF3N2O3S. The van der Waals surface area contributed by atoms with Crippen molar-refractivity contribution in [2.45, 2.75) is 31.9 Å². The number of alkyl halides is 3. The highest BCUT2D eigenvalue weighted by molar-refractivity contribution is 7.89. The molecule has 5 nitrogen and oxygen atoms in total. The summed E-state index contributed by atoms with van der Waals surface area (Å²) in [6, 6.07) is 12.3. The number of anilines is 1. The zero-order valence-electron chi connectivity index (χ0n) is 17.2. The zero-order valence-corrected chi connectivity index (χ0v) is 18.8. The maximum Gasteiger partial charge on any atom is 0.416 e. The molecule has 0 aromatic heterocycles. The van der Waals surface area contributed by atoms with Crippen LogP contribution in [0.25, 0.3) is 0 Å². The van der Waals surface area contributed by atoms with Gasteiger partial charge in [0.2, 0.25) is 15.9 Å². The van der Waals surface area contributed by atoms with Crippen LogP contribution in [0, 0.1) is 5.92 Å². The van der Waals surface area contributed by atoms with Gasteiger partial charge in [-0.25, -0.2) is 12.7 Å². The minimum absolute atomic E-state index is 0.00388. The summed E-state index contributed by atoms with van der Waals surface area (Å²) in [5.74, 6) is -1.25. The largest absolute Gasteiger partial charge is 0.416 e. The first kappa shape index (κ1) is 24.5. The molecular weight excluding hydrogens is 465 g/mol. The number of carbonyl (C=O) groups excluding carboxylic acids is 1. The van der Waals surface area contributed by atoms with Crippen LogP contribution in [0.1, 0.15) is 30.4 Å². The summed E-state index contributed by atoms with van der Waals surface area (Å²) >= 11 is 5.95. The van der Waals surface area contributed by atoms with E-state index in [0.29, 0.717) is 32.2 Å².